The second-order valence-corrected chi connectivity index (χ2v) is 9.80. The summed E-state index contributed by atoms with van der Waals surface area (Å²) in [6, 6.07) is 21.6. The molecule has 8 heteroatoms. The zero-order valence-corrected chi connectivity index (χ0v) is 23.4. The number of hydrogen-bond donors (Lipinski definition) is 1. The van der Waals surface area contributed by atoms with E-state index in [4.69, 9.17) is 19.5 Å². The van der Waals surface area contributed by atoms with E-state index in [1.54, 1.807) is 13.3 Å². The highest BCUT2D eigenvalue weighted by atomic mass is 79.9. The summed E-state index contributed by atoms with van der Waals surface area (Å²) in [4.78, 5) is 9.72. The van der Waals surface area contributed by atoms with Gasteiger partial charge in [-0.1, -0.05) is 47.1 Å². The van der Waals surface area contributed by atoms with Crippen LogP contribution >= 0.6 is 31.9 Å². The third kappa shape index (κ3) is 6.30. The van der Waals surface area contributed by atoms with Crippen LogP contribution in [0.4, 0.5) is 5.69 Å². The number of nitrogens with zero attached hydrogens (tertiary/aromatic N) is 3. The van der Waals surface area contributed by atoms with Crippen LogP contribution in [-0.2, 0) is 0 Å². The number of methoxy groups -OCH3 is 1. The van der Waals surface area contributed by atoms with Crippen LogP contribution in [0.1, 0.15) is 30.2 Å². The van der Waals surface area contributed by atoms with Crippen molar-refractivity contribution in [1.29, 1.82) is 0 Å². The molecule has 0 saturated carbocycles. The minimum absolute atomic E-state index is 0.526. The van der Waals surface area contributed by atoms with Gasteiger partial charge in [-0.05, 0) is 82.9 Å². The van der Waals surface area contributed by atoms with Gasteiger partial charge in [0.25, 0.3) is 0 Å². The fraction of sp³-hybridized carbons (Fsp3) is 0.179. The number of halogens is 2. The maximum Gasteiger partial charge on any atom is 0.173 e. The van der Waals surface area contributed by atoms with Gasteiger partial charge in [-0.2, -0.15) is 5.10 Å². The van der Waals surface area contributed by atoms with Gasteiger partial charge in [0.1, 0.15) is 5.69 Å². The molecule has 3 aromatic carbocycles. The van der Waals surface area contributed by atoms with E-state index >= 15 is 0 Å². The van der Waals surface area contributed by atoms with Crippen LogP contribution in [0.25, 0.3) is 10.9 Å². The summed E-state index contributed by atoms with van der Waals surface area (Å²) in [6.07, 6.45) is 2.64. The number of fused-ring (bicyclic) bond motifs is 1. The number of amidine groups is 1. The molecule has 36 heavy (non-hydrogen) atoms. The van der Waals surface area contributed by atoms with Gasteiger partial charge in [-0.25, -0.2) is 9.98 Å². The van der Waals surface area contributed by atoms with E-state index < -0.39 is 0 Å². The molecule has 1 heterocycles. The molecule has 0 saturated heterocycles. The minimum Gasteiger partial charge on any atom is -0.493 e. The summed E-state index contributed by atoms with van der Waals surface area (Å²) >= 11 is 7.17. The number of hydrazone groups is 1. The Bertz CT molecular complexity index is 1410. The Balaban J connectivity index is 1.68. The molecule has 1 aromatic heterocycles. The van der Waals surface area contributed by atoms with E-state index in [2.05, 4.69) is 49.3 Å². The second kappa shape index (κ2) is 12.1. The van der Waals surface area contributed by atoms with E-state index in [1.165, 1.54) is 0 Å². The Labute approximate surface area is 227 Å². The number of ether oxygens (including phenoxy) is 2. The monoisotopic (exact) mass is 608 g/mol. The lowest BCUT2D eigenvalue weighted by Crippen LogP contribution is -2.20. The Hall–Kier alpha value is -3.23. The van der Waals surface area contributed by atoms with E-state index in [-0.39, 0.29) is 0 Å². The van der Waals surface area contributed by atoms with Crippen LogP contribution < -0.4 is 14.9 Å². The van der Waals surface area contributed by atoms with Crippen molar-refractivity contribution >= 4 is 60.5 Å². The molecule has 0 aliphatic carbocycles. The van der Waals surface area contributed by atoms with Crippen LogP contribution in [0.15, 0.2) is 85.8 Å². The average Bonchev–Trinajstić information content (AvgIpc) is 2.88. The molecule has 6 nitrogen and oxygen atoms in total. The molecule has 0 amide bonds. The maximum absolute atomic E-state index is 5.74. The molecule has 0 fully saturated rings. The van der Waals surface area contributed by atoms with Crippen molar-refractivity contribution < 1.29 is 9.47 Å². The number of aliphatic imine (C=N–C) groups is 1. The second-order valence-electron chi connectivity index (χ2n) is 8.03. The van der Waals surface area contributed by atoms with Crippen LogP contribution in [0.2, 0.25) is 0 Å². The summed E-state index contributed by atoms with van der Waals surface area (Å²) in [5.74, 6) is 1.90. The van der Waals surface area contributed by atoms with Crippen molar-refractivity contribution in [3.05, 3.63) is 92.5 Å². The van der Waals surface area contributed by atoms with Gasteiger partial charge in [-0.15, -0.1) is 0 Å². The van der Waals surface area contributed by atoms with Crippen molar-refractivity contribution in [2.24, 2.45) is 10.1 Å². The number of pyridine rings is 1. The molecule has 184 valence electrons. The van der Waals surface area contributed by atoms with Gasteiger partial charge in [0.15, 0.2) is 17.3 Å². The molecule has 4 aromatic rings. The zero-order chi connectivity index (χ0) is 25.5. The molecule has 0 radical (unpaired) electrons. The standard InChI is InChI=1S/C28H26Br2N4O2/c1-4-13-36-25-12-9-19(15-26(25)35-3)17-31-34-28(33-27-18(2)14-21(29)16-22(27)30)24-11-10-20-7-5-6-8-23(20)32-24/h5-12,14-17H,4,13H2,1-3H3,(H,33,34)/b31-17+. The fourth-order valence-electron chi connectivity index (χ4n) is 3.55. The Morgan fingerprint density at radius 3 is 2.64 bits per heavy atom. The largest absolute Gasteiger partial charge is 0.493 e. The number of benzene rings is 3. The van der Waals surface area contributed by atoms with Crippen molar-refractivity contribution in [3.63, 3.8) is 0 Å². The average molecular weight is 610 g/mol. The zero-order valence-electron chi connectivity index (χ0n) is 20.3. The number of rotatable bonds is 8. The van der Waals surface area contributed by atoms with E-state index in [9.17, 15) is 0 Å². The first-order valence-corrected chi connectivity index (χ1v) is 13.1. The van der Waals surface area contributed by atoms with Crippen LogP contribution in [0, 0.1) is 6.92 Å². The summed E-state index contributed by atoms with van der Waals surface area (Å²) in [5, 5.41) is 5.53. The number of aryl methyl sites for hydroxylation is 1. The summed E-state index contributed by atoms with van der Waals surface area (Å²) in [5.41, 5.74) is 7.33. The predicted octanol–water partition coefficient (Wildman–Crippen LogP) is 7.57. The molecule has 0 aliphatic heterocycles. The van der Waals surface area contributed by atoms with E-state index in [0.29, 0.717) is 29.6 Å². The van der Waals surface area contributed by atoms with Gasteiger partial charge in [0.2, 0.25) is 0 Å². The molecule has 0 spiro atoms. The lowest BCUT2D eigenvalue weighted by molar-refractivity contribution is 0.294. The molecule has 0 atom stereocenters. The normalized spacial score (nSPS) is 11.8. The van der Waals surface area contributed by atoms with Crippen molar-refractivity contribution in [2.45, 2.75) is 20.3 Å². The third-order valence-electron chi connectivity index (χ3n) is 5.32. The van der Waals surface area contributed by atoms with Crippen LogP contribution in [-0.4, -0.2) is 30.8 Å². The Morgan fingerprint density at radius 1 is 1.03 bits per heavy atom. The number of aromatic nitrogens is 1. The fourth-order valence-corrected chi connectivity index (χ4v) is 5.08. The topological polar surface area (TPSA) is 68.1 Å². The molecule has 1 N–H and O–H groups in total. The number of hydrogen-bond acceptors (Lipinski definition) is 5. The Kier molecular flexibility index (Phi) is 8.72. The SMILES string of the molecule is CCCOc1ccc(/C=N/NC(=Nc2c(C)cc(Br)cc2Br)c2ccc3ccccc3n2)cc1OC. The minimum atomic E-state index is 0.526. The third-order valence-corrected chi connectivity index (χ3v) is 6.38. The lowest BCUT2D eigenvalue weighted by Gasteiger charge is -2.11. The maximum atomic E-state index is 5.74. The van der Waals surface area contributed by atoms with Crippen molar-refractivity contribution in [2.75, 3.05) is 13.7 Å². The highest BCUT2D eigenvalue weighted by Gasteiger charge is 2.11. The molecule has 0 unspecified atom stereocenters. The van der Waals surface area contributed by atoms with Gasteiger partial charge >= 0.3 is 0 Å². The van der Waals surface area contributed by atoms with Gasteiger partial charge < -0.3 is 9.47 Å². The highest BCUT2D eigenvalue weighted by Crippen LogP contribution is 2.33. The molecule has 0 bridgehead atoms. The number of para-hydroxylation sites is 1. The molecular formula is C28H26Br2N4O2. The lowest BCUT2D eigenvalue weighted by atomic mass is 10.2. The quantitative estimate of drug-likeness (QED) is 0.127. The highest BCUT2D eigenvalue weighted by molar-refractivity contribution is 9.11. The van der Waals surface area contributed by atoms with Crippen molar-refractivity contribution in [3.8, 4) is 11.5 Å². The van der Waals surface area contributed by atoms with Gasteiger partial charge in [-0.3, -0.25) is 5.43 Å². The van der Waals surface area contributed by atoms with Gasteiger partial charge in [0.05, 0.1) is 31.1 Å². The van der Waals surface area contributed by atoms with E-state index in [1.807, 2.05) is 73.7 Å². The Morgan fingerprint density at radius 2 is 1.86 bits per heavy atom. The van der Waals surface area contributed by atoms with Gasteiger partial charge in [0, 0.05) is 14.3 Å². The summed E-state index contributed by atoms with van der Waals surface area (Å²) < 4.78 is 13.1. The molecular weight excluding hydrogens is 584 g/mol. The summed E-state index contributed by atoms with van der Waals surface area (Å²) in [6.45, 7) is 4.71. The summed E-state index contributed by atoms with van der Waals surface area (Å²) in [7, 11) is 1.63. The predicted molar refractivity (Wildman–Crippen MR) is 154 cm³/mol. The van der Waals surface area contributed by atoms with Crippen LogP contribution in [0.5, 0.6) is 11.5 Å². The molecule has 4 rings (SSSR count). The van der Waals surface area contributed by atoms with Crippen LogP contribution in [0.3, 0.4) is 0 Å². The smallest absolute Gasteiger partial charge is 0.173 e. The first-order chi connectivity index (χ1) is 17.5. The van der Waals surface area contributed by atoms with E-state index in [0.717, 1.165) is 43.1 Å². The molecule has 0 aliphatic rings. The van der Waals surface area contributed by atoms with Crippen molar-refractivity contribution in [1.82, 2.24) is 10.4 Å². The first-order valence-electron chi connectivity index (χ1n) is 11.5. The first kappa shape index (κ1) is 25.9. The number of nitrogens with one attached hydrogen (secondary N) is 1.